The van der Waals surface area contributed by atoms with Crippen LogP contribution in [0.5, 0.6) is 11.5 Å². The molecule has 1 aliphatic heterocycles. The lowest BCUT2D eigenvalue weighted by atomic mass is 10.1. The van der Waals surface area contributed by atoms with Crippen LogP contribution in [0.2, 0.25) is 0 Å². The van der Waals surface area contributed by atoms with Crippen molar-refractivity contribution in [1.29, 1.82) is 0 Å². The quantitative estimate of drug-likeness (QED) is 0.531. The van der Waals surface area contributed by atoms with Gasteiger partial charge >= 0.3 is 0 Å². The van der Waals surface area contributed by atoms with E-state index >= 15 is 0 Å². The Morgan fingerprint density at radius 2 is 2.12 bits per heavy atom. The molecule has 0 aliphatic carbocycles. The molecule has 0 spiro atoms. The fraction of sp³-hybridized carbons (Fsp3) is 0.111. The van der Waals surface area contributed by atoms with Crippen molar-refractivity contribution in [3.05, 3.63) is 42.6 Å². The number of benzene rings is 2. The van der Waals surface area contributed by atoms with Crippen LogP contribution in [-0.4, -0.2) is 29.0 Å². The fourth-order valence-corrected chi connectivity index (χ4v) is 3.09. The van der Waals surface area contributed by atoms with Gasteiger partial charge in [-0.25, -0.2) is 4.98 Å². The van der Waals surface area contributed by atoms with Crippen LogP contribution in [0, 0.1) is 0 Å². The maximum atomic E-state index is 5.46. The second-order valence-electron chi connectivity index (χ2n) is 5.80. The molecule has 0 saturated heterocycles. The molecule has 0 amide bonds. The predicted molar refractivity (Wildman–Crippen MR) is 96.8 cm³/mol. The molecule has 4 aromatic rings. The van der Waals surface area contributed by atoms with Crippen LogP contribution in [0.3, 0.4) is 0 Å². The first kappa shape index (κ1) is 13.9. The second-order valence-corrected chi connectivity index (χ2v) is 5.80. The predicted octanol–water partition coefficient (Wildman–Crippen LogP) is 3.63. The van der Waals surface area contributed by atoms with Crippen molar-refractivity contribution in [2.45, 2.75) is 0 Å². The number of aromatic nitrogens is 3. The third-order valence-electron chi connectivity index (χ3n) is 4.33. The molecule has 7 heteroatoms. The van der Waals surface area contributed by atoms with Crippen molar-refractivity contribution in [2.24, 2.45) is 0 Å². The highest BCUT2D eigenvalue weighted by Crippen LogP contribution is 2.35. The third kappa shape index (κ3) is 2.20. The van der Waals surface area contributed by atoms with Gasteiger partial charge in [-0.15, -0.1) is 0 Å². The first-order valence-corrected chi connectivity index (χ1v) is 7.90. The number of pyridine rings is 1. The van der Waals surface area contributed by atoms with Gasteiger partial charge in [0.15, 0.2) is 12.5 Å². The molecule has 0 bridgehead atoms. The minimum atomic E-state index is 0.500. The summed E-state index contributed by atoms with van der Waals surface area (Å²) in [6.45, 7) is 0.500. The Morgan fingerprint density at radius 3 is 3.04 bits per heavy atom. The molecule has 0 saturated carbocycles. The Kier molecular flexibility index (Phi) is 2.93. The Balaban J connectivity index is 1.64. The average Bonchev–Trinajstić information content (AvgIpc) is 3.30. The summed E-state index contributed by atoms with van der Waals surface area (Å²) in [5.41, 5.74) is 3.62. The molecule has 25 heavy (non-hydrogen) atoms. The van der Waals surface area contributed by atoms with E-state index in [0.29, 0.717) is 6.73 Å². The molecule has 3 heterocycles. The molecule has 3 N–H and O–H groups in total. The summed E-state index contributed by atoms with van der Waals surface area (Å²) in [5.74, 6) is 2.38. The summed E-state index contributed by atoms with van der Waals surface area (Å²) in [6, 6.07) is 11.7. The number of nitrogens with zero attached hydrogens (tertiary/aromatic N) is 2. The summed E-state index contributed by atoms with van der Waals surface area (Å²) in [6.07, 6.45) is 1.81. The van der Waals surface area contributed by atoms with Crippen LogP contribution in [-0.2, 0) is 0 Å². The molecular weight excluding hydrogens is 318 g/mol. The lowest BCUT2D eigenvalue weighted by Gasteiger charge is -2.10. The van der Waals surface area contributed by atoms with E-state index in [0.717, 1.165) is 50.5 Å². The Morgan fingerprint density at radius 1 is 1.16 bits per heavy atom. The van der Waals surface area contributed by atoms with Crippen molar-refractivity contribution in [3.8, 4) is 11.5 Å². The number of hydrogen-bond acceptors (Lipinski definition) is 6. The molecule has 0 atom stereocenters. The number of aromatic amines is 1. The van der Waals surface area contributed by atoms with E-state index in [1.807, 2.05) is 42.6 Å². The standard InChI is InChI=1S/C18H15N5O2/c1-24-11-3-4-14-12(7-11)13-8-20-23-17(13)18(22-14)21-10-2-5-16-15(6-10)19-9-25-16/h2-8,19H,9H2,1H3,(H,20,23)(H,21,22). The number of methoxy groups -OCH3 is 1. The van der Waals surface area contributed by atoms with Gasteiger partial charge in [0.1, 0.15) is 17.0 Å². The van der Waals surface area contributed by atoms with E-state index in [4.69, 9.17) is 14.5 Å². The smallest absolute Gasteiger partial charge is 0.159 e. The van der Waals surface area contributed by atoms with Gasteiger partial charge in [-0.05, 0) is 36.4 Å². The van der Waals surface area contributed by atoms with Gasteiger partial charge in [-0.2, -0.15) is 5.10 Å². The van der Waals surface area contributed by atoms with Crippen LogP contribution in [0.15, 0.2) is 42.6 Å². The molecule has 0 fully saturated rings. The monoisotopic (exact) mass is 333 g/mol. The lowest BCUT2D eigenvalue weighted by molar-refractivity contribution is 0.372. The van der Waals surface area contributed by atoms with E-state index < -0.39 is 0 Å². The number of nitrogens with one attached hydrogen (secondary N) is 3. The van der Waals surface area contributed by atoms with E-state index in [-0.39, 0.29) is 0 Å². The van der Waals surface area contributed by atoms with Gasteiger partial charge in [0, 0.05) is 16.5 Å². The van der Waals surface area contributed by atoms with Gasteiger partial charge in [-0.3, -0.25) is 5.10 Å². The molecule has 2 aromatic heterocycles. The van der Waals surface area contributed by atoms with Crippen molar-refractivity contribution >= 4 is 39.0 Å². The molecule has 7 nitrogen and oxygen atoms in total. The summed E-state index contributed by atoms with van der Waals surface area (Å²) < 4.78 is 10.8. The van der Waals surface area contributed by atoms with E-state index in [9.17, 15) is 0 Å². The van der Waals surface area contributed by atoms with Gasteiger partial charge in [0.2, 0.25) is 0 Å². The fourth-order valence-electron chi connectivity index (χ4n) is 3.09. The average molecular weight is 333 g/mol. The van der Waals surface area contributed by atoms with Crippen LogP contribution in [0.25, 0.3) is 21.8 Å². The molecule has 0 unspecified atom stereocenters. The highest BCUT2D eigenvalue weighted by Gasteiger charge is 2.14. The van der Waals surface area contributed by atoms with Crippen LogP contribution < -0.4 is 20.1 Å². The van der Waals surface area contributed by atoms with Gasteiger partial charge in [0.05, 0.1) is 24.5 Å². The molecular formula is C18H15N5O2. The number of H-pyrrole nitrogens is 1. The SMILES string of the molecule is COc1ccc2nc(Nc3ccc4c(c3)NCO4)c3[nH]ncc3c2c1. The Labute approximate surface area is 143 Å². The Bertz CT molecular complexity index is 1110. The Hall–Kier alpha value is -3.48. The van der Waals surface area contributed by atoms with Crippen LogP contribution in [0.4, 0.5) is 17.2 Å². The zero-order chi connectivity index (χ0) is 16.8. The number of rotatable bonds is 3. The van der Waals surface area contributed by atoms with Crippen LogP contribution in [0.1, 0.15) is 0 Å². The van der Waals surface area contributed by atoms with Crippen molar-refractivity contribution in [2.75, 3.05) is 24.5 Å². The molecule has 1 aliphatic rings. The maximum Gasteiger partial charge on any atom is 0.159 e. The van der Waals surface area contributed by atoms with Crippen LogP contribution >= 0.6 is 0 Å². The van der Waals surface area contributed by atoms with E-state index in [2.05, 4.69) is 20.8 Å². The maximum absolute atomic E-state index is 5.46. The molecule has 5 rings (SSSR count). The van der Waals surface area contributed by atoms with Gasteiger partial charge < -0.3 is 20.1 Å². The summed E-state index contributed by atoms with van der Waals surface area (Å²) >= 11 is 0. The highest BCUT2D eigenvalue weighted by molar-refractivity contribution is 6.09. The van der Waals surface area contributed by atoms with E-state index in [1.54, 1.807) is 7.11 Å². The van der Waals surface area contributed by atoms with Crippen molar-refractivity contribution in [1.82, 2.24) is 15.2 Å². The summed E-state index contributed by atoms with van der Waals surface area (Å²) in [4.78, 5) is 4.75. The molecule has 124 valence electrons. The summed E-state index contributed by atoms with van der Waals surface area (Å²) in [7, 11) is 1.66. The lowest BCUT2D eigenvalue weighted by Crippen LogP contribution is -1.97. The topological polar surface area (TPSA) is 84.1 Å². The number of fused-ring (bicyclic) bond motifs is 4. The zero-order valence-electron chi connectivity index (χ0n) is 13.5. The molecule has 2 aromatic carbocycles. The number of anilines is 3. The third-order valence-corrected chi connectivity index (χ3v) is 4.33. The zero-order valence-corrected chi connectivity index (χ0v) is 13.5. The molecule has 0 radical (unpaired) electrons. The number of hydrogen-bond donors (Lipinski definition) is 3. The van der Waals surface area contributed by atoms with Gasteiger partial charge in [-0.1, -0.05) is 0 Å². The first-order valence-electron chi connectivity index (χ1n) is 7.90. The summed E-state index contributed by atoms with van der Waals surface area (Å²) in [5, 5.41) is 15.8. The van der Waals surface area contributed by atoms with E-state index in [1.165, 1.54) is 0 Å². The highest BCUT2D eigenvalue weighted by atomic mass is 16.5. The number of ether oxygens (including phenoxy) is 2. The van der Waals surface area contributed by atoms with Gasteiger partial charge in [0.25, 0.3) is 0 Å². The minimum Gasteiger partial charge on any atom is -0.497 e. The normalized spacial score (nSPS) is 12.7. The second kappa shape index (κ2) is 5.27. The van der Waals surface area contributed by atoms with Crippen molar-refractivity contribution < 1.29 is 9.47 Å². The largest absolute Gasteiger partial charge is 0.497 e. The minimum absolute atomic E-state index is 0.500. The van der Waals surface area contributed by atoms with Crippen molar-refractivity contribution in [3.63, 3.8) is 0 Å². The first-order chi connectivity index (χ1) is 12.3.